The Kier molecular flexibility index (Phi) is 6.91. The van der Waals surface area contributed by atoms with Crippen LogP contribution in [-0.2, 0) is 4.79 Å². The Hall–Kier alpha value is -1.71. The number of aromatic nitrogens is 2. The summed E-state index contributed by atoms with van der Waals surface area (Å²) >= 11 is 0. The SMILES string of the molecule is CC(C)CC(CC(C)C)NC(=O)C=Cc1cnccn1. The molecule has 4 nitrogen and oxygen atoms in total. The average Bonchev–Trinajstić information content (AvgIpc) is 2.36. The zero-order valence-corrected chi connectivity index (χ0v) is 12.8. The molecule has 0 saturated heterocycles. The summed E-state index contributed by atoms with van der Waals surface area (Å²) in [5.74, 6) is 1.08. The van der Waals surface area contributed by atoms with Crippen molar-refractivity contribution >= 4 is 12.0 Å². The Morgan fingerprint density at radius 2 is 1.85 bits per heavy atom. The molecule has 1 aromatic rings. The molecule has 0 saturated carbocycles. The molecule has 0 aliphatic carbocycles. The zero-order chi connectivity index (χ0) is 15.0. The molecule has 0 spiro atoms. The van der Waals surface area contributed by atoms with Crippen LogP contribution in [0.1, 0.15) is 46.2 Å². The number of carbonyl (C=O) groups is 1. The number of carbonyl (C=O) groups excluding carboxylic acids is 1. The lowest BCUT2D eigenvalue weighted by Crippen LogP contribution is -2.35. The summed E-state index contributed by atoms with van der Waals surface area (Å²) in [6.07, 6.45) is 10.1. The summed E-state index contributed by atoms with van der Waals surface area (Å²) in [6, 6.07) is 0.231. The molecule has 1 N–H and O–H groups in total. The van der Waals surface area contributed by atoms with Crippen molar-refractivity contribution in [2.75, 3.05) is 0 Å². The normalized spacial score (nSPS) is 11.8. The van der Waals surface area contributed by atoms with Gasteiger partial charge >= 0.3 is 0 Å². The maximum atomic E-state index is 11.9. The number of amides is 1. The van der Waals surface area contributed by atoms with E-state index >= 15 is 0 Å². The van der Waals surface area contributed by atoms with Crippen molar-refractivity contribution in [2.45, 2.75) is 46.6 Å². The largest absolute Gasteiger partial charge is 0.350 e. The highest BCUT2D eigenvalue weighted by molar-refractivity contribution is 5.91. The van der Waals surface area contributed by atoms with E-state index < -0.39 is 0 Å². The third-order valence-electron chi connectivity index (χ3n) is 2.85. The lowest BCUT2D eigenvalue weighted by molar-refractivity contribution is -0.117. The Morgan fingerprint density at radius 3 is 2.35 bits per heavy atom. The van der Waals surface area contributed by atoms with Crippen LogP contribution in [0.3, 0.4) is 0 Å². The minimum absolute atomic E-state index is 0.0676. The summed E-state index contributed by atoms with van der Waals surface area (Å²) in [6.45, 7) is 8.70. The molecule has 4 heteroatoms. The van der Waals surface area contributed by atoms with Gasteiger partial charge in [0.15, 0.2) is 0 Å². The lowest BCUT2D eigenvalue weighted by atomic mass is 9.95. The first-order valence-electron chi connectivity index (χ1n) is 7.22. The highest BCUT2D eigenvalue weighted by Crippen LogP contribution is 2.13. The van der Waals surface area contributed by atoms with Crippen LogP contribution in [0.15, 0.2) is 24.7 Å². The van der Waals surface area contributed by atoms with Gasteiger partial charge in [0.05, 0.1) is 11.9 Å². The molecule has 0 radical (unpaired) electrons. The van der Waals surface area contributed by atoms with E-state index in [0.29, 0.717) is 17.5 Å². The second-order valence-electron chi connectivity index (χ2n) is 5.93. The van der Waals surface area contributed by atoms with Crippen LogP contribution in [0.25, 0.3) is 6.08 Å². The summed E-state index contributed by atoms with van der Waals surface area (Å²) < 4.78 is 0. The summed E-state index contributed by atoms with van der Waals surface area (Å²) in [5, 5.41) is 3.08. The van der Waals surface area contributed by atoms with E-state index in [-0.39, 0.29) is 11.9 Å². The van der Waals surface area contributed by atoms with Gasteiger partial charge in [0, 0.05) is 24.5 Å². The Bertz CT molecular complexity index is 417. The predicted octanol–water partition coefficient (Wildman–Crippen LogP) is 3.07. The van der Waals surface area contributed by atoms with Gasteiger partial charge in [0.1, 0.15) is 0 Å². The number of rotatable bonds is 7. The minimum atomic E-state index is -0.0676. The Morgan fingerprint density at radius 1 is 1.20 bits per heavy atom. The van der Waals surface area contributed by atoms with Crippen molar-refractivity contribution in [1.29, 1.82) is 0 Å². The van der Waals surface area contributed by atoms with Gasteiger partial charge in [0.25, 0.3) is 0 Å². The summed E-state index contributed by atoms with van der Waals surface area (Å²) in [7, 11) is 0. The van der Waals surface area contributed by atoms with Gasteiger partial charge in [-0.15, -0.1) is 0 Å². The molecule has 0 aliphatic heterocycles. The van der Waals surface area contributed by atoms with Crippen molar-refractivity contribution in [2.24, 2.45) is 11.8 Å². The molecule has 1 rings (SSSR count). The van der Waals surface area contributed by atoms with E-state index in [1.807, 2.05) is 0 Å². The van der Waals surface area contributed by atoms with Crippen LogP contribution >= 0.6 is 0 Å². The number of nitrogens with zero attached hydrogens (tertiary/aromatic N) is 2. The minimum Gasteiger partial charge on any atom is -0.350 e. The van der Waals surface area contributed by atoms with Gasteiger partial charge in [-0.1, -0.05) is 27.7 Å². The van der Waals surface area contributed by atoms with Crippen LogP contribution in [0.5, 0.6) is 0 Å². The van der Waals surface area contributed by atoms with Crippen molar-refractivity contribution in [3.63, 3.8) is 0 Å². The monoisotopic (exact) mass is 275 g/mol. The molecule has 0 bridgehead atoms. The zero-order valence-electron chi connectivity index (χ0n) is 12.8. The lowest BCUT2D eigenvalue weighted by Gasteiger charge is -2.21. The highest BCUT2D eigenvalue weighted by Gasteiger charge is 2.14. The van der Waals surface area contributed by atoms with Gasteiger partial charge in [0.2, 0.25) is 5.91 Å². The maximum absolute atomic E-state index is 11.9. The predicted molar refractivity (Wildman–Crippen MR) is 81.9 cm³/mol. The third kappa shape index (κ3) is 7.02. The molecule has 0 aromatic carbocycles. The van der Waals surface area contributed by atoms with Gasteiger partial charge in [-0.3, -0.25) is 14.8 Å². The number of hydrogen-bond acceptors (Lipinski definition) is 3. The standard InChI is InChI=1S/C16H25N3O/c1-12(2)9-15(10-13(3)4)19-16(20)6-5-14-11-17-7-8-18-14/h5-8,11-13,15H,9-10H2,1-4H3,(H,19,20). The fourth-order valence-corrected chi connectivity index (χ4v) is 2.16. The first kappa shape index (κ1) is 16.3. The first-order valence-corrected chi connectivity index (χ1v) is 7.22. The van der Waals surface area contributed by atoms with E-state index in [1.165, 1.54) is 6.08 Å². The van der Waals surface area contributed by atoms with Gasteiger partial charge in [-0.05, 0) is 30.8 Å². The van der Waals surface area contributed by atoms with Crippen molar-refractivity contribution in [1.82, 2.24) is 15.3 Å². The van der Waals surface area contributed by atoms with Gasteiger partial charge < -0.3 is 5.32 Å². The Labute approximate surface area is 121 Å². The topological polar surface area (TPSA) is 54.9 Å². The maximum Gasteiger partial charge on any atom is 0.244 e. The molecule has 1 heterocycles. The third-order valence-corrected chi connectivity index (χ3v) is 2.85. The molecule has 1 aromatic heterocycles. The van der Waals surface area contributed by atoms with Crippen molar-refractivity contribution in [3.8, 4) is 0 Å². The van der Waals surface area contributed by atoms with Crippen molar-refractivity contribution in [3.05, 3.63) is 30.4 Å². The fraction of sp³-hybridized carbons (Fsp3) is 0.562. The second-order valence-corrected chi connectivity index (χ2v) is 5.93. The summed E-state index contributed by atoms with van der Waals surface area (Å²) in [4.78, 5) is 20.0. The van der Waals surface area contributed by atoms with Crippen LogP contribution in [0.2, 0.25) is 0 Å². The molecule has 0 fully saturated rings. The number of hydrogen-bond donors (Lipinski definition) is 1. The molecule has 1 amide bonds. The molecular formula is C16H25N3O. The average molecular weight is 275 g/mol. The molecule has 20 heavy (non-hydrogen) atoms. The molecule has 0 aliphatic rings. The molecular weight excluding hydrogens is 250 g/mol. The molecule has 0 unspecified atom stereocenters. The smallest absolute Gasteiger partial charge is 0.244 e. The fourth-order valence-electron chi connectivity index (χ4n) is 2.16. The summed E-state index contributed by atoms with van der Waals surface area (Å²) in [5.41, 5.74) is 0.687. The van der Waals surface area contributed by atoms with Crippen molar-refractivity contribution < 1.29 is 4.79 Å². The van der Waals surface area contributed by atoms with E-state index in [2.05, 4.69) is 43.0 Å². The van der Waals surface area contributed by atoms with Crippen LogP contribution < -0.4 is 5.32 Å². The van der Waals surface area contributed by atoms with Crippen LogP contribution in [0.4, 0.5) is 0 Å². The van der Waals surface area contributed by atoms with E-state index in [9.17, 15) is 4.79 Å². The number of nitrogens with one attached hydrogen (secondary N) is 1. The van der Waals surface area contributed by atoms with Gasteiger partial charge in [-0.2, -0.15) is 0 Å². The Balaban J connectivity index is 2.54. The molecule has 0 atom stereocenters. The van der Waals surface area contributed by atoms with E-state index in [4.69, 9.17) is 0 Å². The second kappa shape index (κ2) is 8.46. The van der Waals surface area contributed by atoms with E-state index in [0.717, 1.165) is 12.8 Å². The highest BCUT2D eigenvalue weighted by atomic mass is 16.1. The quantitative estimate of drug-likeness (QED) is 0.778. The van der Waals surface area contributed by atoms with E-state index in [1.54, 1.807) is 24.7 Å². The van der Waals surface area contributed by atoms with Gasteiger partial charge in [-0.25, -0.2) is 0 Å². The van der Waals surface area contributed by atoms with Crippen LogP contribution in [-0.4, -0.2) is 21.9 Å². The first-order chi connectivity index (χ1) is 9.47. The molecule has 110 valence electrons. The van der Waals surface area contributed by atoms with Crippen LogP contribution in [0, 0.1) is 11.8 Å².